The summed E-state index contributed by atoms with van der Waals surface area (Å²) >= 11 is 3.79. The summed E-state index contributed by atoms with van der Waals surface area (Å²) in [5.74, 6) is 0.448. The van der Waals surface area contributed by atoms with Gasteiger partial charge in [0.05, 0.1) is 5.92 Å². The Bertz CT molecular complexity index is 743. The highest BCUT2D eigenvalue weighted by molar-refractivity contribution is 9.10. The number of hydrogen-bond acceptors (Lipinski definition) is 1. The van der Waals surface area contributed by atoms with Gasteiger partial charge in [0, 0.05) is 15.8 Å². The van der Waals surface area contributed by atoms with E-state index in [0.29, 0.717) is 5.78 Å². The molecule has 3 atom stereocenters. The molecule has 1 saturated carbocycles. The van der Waals surface area contributed by atoms with Crippen LogP contribution in [0, 0.1) is 30.6 Å². The highest BCUT2D eigenvalue weighted by Crippen LogP contribution is 2.59. The number of benzene rings is 1. The predicted molar refractivity (Wildman–Crippen MR) is 109 cm³/mol. The Morgan fingerprint density at radius 3 is 2.40 bits per heavy atom. The molecule has 0 aliphatic heterocycles. The van der Waals surface area contributed by atoms with Crippen molar-refractivity contribution in [1.82, 2.24) is 0 Å². The first-order valence-electron chi connectivity index (χ1n) is 9.59. The van der Waals surface area contributed by atoms with Crippen molar-refractivity contribution in [3.63, 3.8) is 0 Å². The van der Waals surface area contributed by atoms with Gasteiger partial charge in [0.2, 0.25) is 0 Å². The monoisotopic (exact) mass is 402 g/mol. The van der Waals surface area contributed by atoms with Crippen LogP contribution in [0.1, 0.15) is 76.0 Å². The van der Waals surface area contributed by atoms with Crippen LogP contribution in [0.5, 0.6) is 0 Å². The van der Waals surface area contributed by atoms with E-state index in [4.69, 9.17) is 0 Å². The SMILES string of the molecule is Cc1cc(Br)c([C@H]2C(=O)[C@H](C)CC=C3C(C)(C)CCC[C@@]32C)cc1C. The molecule has 2 aliphatic rings. The molecule has 0 bridgehead atoms. The minimum Gasteiger partial charge on any atom is -0.299 e. The second-order valence-corrected chi connectivity index (χ2v) is 10.1. The summed E-state index contributed by atoms with van der Waals surface area (Å²) in [6.07, 6.45) is 6.81. The van der Waals surface area contributed by atoms with E-state index >= 15 is 0 Å². The van der Waals surface area contributed by atoms with Gasteiger partial charge in [-0.05, 0) is 61.3 Å². The molecule has 3 rings (SSSR count). The van der Waals surface area contributed by atoms with E-state index in [1.54, 1.807) is 0 Å². The summed E-state index contributed by atoms with van der Waals surface area (Å²) in [5.41, 5.74) is 5.35. The minimum absolute atomic E-state index is 0.0514. The molecule has 0 N–H and O–H groups in total. The Morgan fingerprint density at radius 2 is 1.72 bits per heavy atom. The van der Waals surface area contributed by atoms with Crippen LogP contribution >= 0.6 is 15.9 Å². The third kappa shape index (κ3) is 3.05. The molecule has 0 amide bonds. The van der Waals surface area contributed by atoms with E-state index in [1.165, 1.54) is 35.1 Å². The number of rotatable bonds is 1. The fraction of sp³-hybridized carbons (Fsp3) is 0.609. The molecule has 0 radical (unpaired) electrons. The van der Waals surface area contributed by atoms with Gasteiger partial charge < -0.3 is 0 Å². The van der Waals surface area contributed by atoms with Crippen molar-refractivity contribution in [2.75, 3.05) is 0 Å². The Kier molecular flexibility index (Phi) is 4.81. The third-order valence-corrected chi connectivity index (χ3v) is 7.54. The van der Waals surface area contributed by atoms with Gasteiger partial charge in [-0.1, -0.05) is 67.8 Å². The lowest BCUT2D eigenvalue weighted by Gasteiger charge is -2.49. The van der Waals surface area contributed by atoms with Crippen LogP contribution in [0.4, 0.5) is 0 Å². The van der Waals surface area contributed by atoms with Crippen molar-refractivity contribution >= 4 is 21.7 Å². The van der Waals surface area contributed by atoms with Crippen molar-refractivity contribution in [2.24, 2.45) is 16.7 Å². The van der Waals surface area contributed by atoms with Crippen molar-refractivity contribution in [2.45, 2.75) is 73.1 Å². The maximum absolute atomic E-state index is 13.5. The van der Waals surface area contributed by atoms with Gasteiger partial charge in [-0.3, -0.25) is 4.79 Å². The topological polar surface area (TPSA) is 17.1 Å². The molecular formula is C23H31BrO. The van der Waals surface area contributed by atoms with Gasteiger partial charge in [0.15, 0.2) is 0 Å². The Hall–Kier alpha value is -0.890. The number of hydrogen-bond donors (Lipinski definition) is 0. The van der Waals surface area contributed by atoms with Crippen LogP contribution in [0.15, 0.2) is 28.3 Å². The summed E-state index contributed by atoms with van der Waals surface area (Å²) < 4.78 is 1.09. The van der Waals surface area contributed by atoms with Crippen molar-refractivity contribution in [3.05, 3.63) is 44.9 Å². The number of allylic oxidation sites excluding steroid dienone is 2. The Balaban J connectivity index is 2.24. The molecule has 1 aromatic rings. The summed E-state index contributed by atoms with van der Waals surface area (Å²) in [4.78, 5) is 13.5. The molecule has 0 unspecified atom stereocenters. The van der Waals surface area contributed by atoms with E-state index in [9.17, 15) is 4.79 Å². The lowest BCUT2D eigenvalue weighted by molar-refractivity contribution is -0.126. The van der Waals surface area contributed by atoms with Crippen molar-refractivity contribution in [3.8, 4) is 0 Å². The zero-order valence-electron chi connectivity index (χ0n) is 16.5. The van der Waals surface area contributed by atoms with Gasteiger partial charge in [0.1, 0.15) is 5.78 Å². The quantitative estimate of drug-likeness (QED) is 0.466. The van der Waals surface area contributed by atoms with Gasteiger partial charge >= 0.3 is 0 Å². The Morgan fingerprint density at radius 1 is 1.08 bits per heavy atom. The maximum Gasteiger partial charge on any atom is 0.144 e. The fourth-order valence-electron chi connectivity index (χ4n) is 5.28. The average Bonchev–Trinajstić information content (AvgIpc) is 2.60. The van der Waals surface area contributed by atoms with Crippen LogP contribution in [0.2, 0.25) is 0 Å². The minimum atomic E-state index is -0.0756. The molecule has 0 spiro atoms. The lowest BCUT2D eigenvalue weighted by atomic mass is 9.54. The van der Waals surface area contributed by atoms with E-state index < -0.39 is 0 Å². The molecule has 25 heavy (non-hydrogen) atoms. The lowest BCUT2D eigenvalue weighted by Crippen LogP contribution is -2.41. The van der Waals surface area contributed by atoms with E-state index in [1.807, 2.05) is 0 Å². The van der Waals surface area contributed by atoms with Crippen LogP contribution in [0.3, 0.4) is 0 Å². The van der Waals surface area contributed by atoms with Gasteiger partial charge in [-0.25, -0.2) is 0 Å². The molecule has 2 aliphatic carbocycles. The number of aryl methyl sites for hydroxylation is 2. The van der Waals surface area contributed by atoms with Crippen LogP contribution in [0.25, 0.3) is 0 Å². The van der Waals surface area contributed by atoms with E-state index in [-0.39, 0.29) is 22.7 Å². The number of halogens is 1. The third-order valence-electron chi connectivity index (χ3n) is 6.85. The molecule has 0 aromatic heterocycles. The molecule has 0 heterocycles. The highest BCUT2D eigenvalue weighted by atomic mass is 79.9. The standard InChI is InChI=1S/C23H31BrO/c1-14-8-9-19-22(4,5)10-7-11-23(19,6)20(21(14)25)17-12-15(2)16(3)13-18(17)24/h9,12-14,20H,7-8,10-11H2,1-6H3/t14-,20+,23+/m1/s1. The van der Waals surface area contributed by atoms with Crippen molar-refractivity contribution in [1.29, 1.82) is 0 Å². The summed E-state index contributed by atoms with van der Waals surface area (Å²) in [7, 11) is 0. The second-order valence-electron chi connectivity index (χ2n) is 9.20. The van der Waals surface area contributed by atoms with Gasteiger partial charge in [-0.15, -0.1) is 0 Å². The number of fused-ring (bicyclic) bond motifs is 1. The number of ketones is 1. The van der Waals surface area contributed by atoms with Crippen LogP contribution in [-0.4, -0.2) is 5.78 Å². The molecule has 136 valence electrons. The molecular weight excluding hydrogens is 372 g/mol. The Labute approximate surface area is 161 Å². The van der Waals surface area contributed by atoms with E-state index in [0.717, 1.165) is 17.3 Å². The normalized spacial score (nSPS) is 32.0. The molecule has 0 saturated heterocycles. The average molecular weight is 403 g/mol. The second kappa shape index (κ2) is 6.37. The molecule has 1 nitrogen and oxygen atoms in total. The molecule has 1 aromatic carbocycles. The number of Topliss-reactive ketones (excluding diaryl/α,β-unsaturated/α-hetero) is 1. The zero-order chi connectivity index (χ0) is 18.6. The number of carbonyl (C=O) groups is 1. The fourth-order valence-corrected chi connectivity index (χ4v) is 5.97. The van der Waals surface area contributed by atoms with Crippen molar-refractivity contribution < 1.29 is 4.79 Å². The smallest absolute Gasteiger partial charge is 0.144 e. The molecule has 1 fully saturated rings. The summed E-state index contributed by atoms with van der Waals surface area (Å²) in [6.45, 7) is 13.5. The van der Waals surface area contributed by atoms with Gasteiger partial charge in [-0.2, -0.15) is 0 Å². The largest absolute Gasteiger partial charge is 0.299 e. The van der Waals surface area contributed by atoms with Crippen LogP contribution < -0.4 is 0 Å². The van der Waals surface area contributed by atoms with E-state index in [2.05, 4.69) is 75.7 Å². The van der Waals surface area contributed by atoms with Crippen LogP contribution in [-0.2, 0) is 4.79 Å². The zero-order valence-corrected chi connectivity index (χ0v) is 18.1. The first kappa shape index (κ1) is 18.9. The number of carbonyl (C=O) groups excluding carboxylic acids is 1. The summed E-state index contributed by atoms with van der Waals surface area (Å²) in [5, 5.41) is 0. The highest BCUT2D eigenvalue weighted by Gasteiger charge is 2.51. The first-order chi connectivity index (χ1) is 11.6. The maximum atomic E-state index is 13.5. The van der Waals surface area contributed by atoms with Gasteiger partial charge in [0.25, 0.3) is 0 Å². The molecule has 2 heteroatoms. The first-order valence-corrected chi connectivity index (χ1v) is 10.4. The summed E-state index contributed by atoms with van der Waals surface area (Å²) in [6, 6.07) is 4.44. The predicted octanol–water partition coefficient (Wildman–Crippen LogP) is 6.90.